The maximum atomic E-state index is 14.0. The van der Waals surface area contributed by atoms with Crippen LogP contribution in [0.5, 0.6) is 5.75 Å². The maximum absolute atomic E-state index is 14.0. The standard InChI is InChI=1S/C33H41N3O2S.C3H8O/c1-22-18-27(14-15-29(22)38-2)24-10-8-23(9-11-24)21-36(33(37)26-6-4-3-5-7-26)31-19-28(16-17-34-31)30-20-35-32(39-30)25-12-13-25;1-3-4-2/h14-20,23-26H,3-13,21H2,1-2H3;3H2,1-2H3. The molecule has 1 aromatic carbocycles. The summed E-state index contributed by atoms with van der Waals surface area (Å²) in [5.41, 5.74) is 3.76. The molecule has 3 aliphatic rings. The number of aromatic nitrogens is 2. The van der Waals surface area contributed by atoms with E-state index in [1.807, 2.05) is 19.3 Å². The molecule has 7 heteroatoms. The molecule has 6 rings (SSSR count). The van der Waals surface area contributed by atoms with Crippen LogP contribution in [-0.4, -0.2) is 43.2 Å². The summed E-state index contributed by atoms with van der Waals surface area (Å²) in [5, 5.41) is 1.25. The fourth-order valence-electron chi connectivity index (χ4n) is 6.62. The zero-order valence-electron chi connectivity index (χ0n) is 26.5. The Labute approximate surface area is 262 Å². The first-order valence-electron chi connectivity index (χ1n) is 16.4. The van der Waals surface area contributed by atoms with Gasteiger partial charge in [-0.15, -0.1) is 11.3 Å². The zero-order chi connectivity index (χ0) is 30.2. The Kier molecular flexibility index (Phi) is 11.3. The molecule has 0 atom stereocenters. The number of hydrogen-bond acceptors (Lipinski definition) is 6. The summed E-state index contributed by atoms with van der Waals surface area (Å²) < 4.78 is 10.0. The Balaban J connectivity index is 0.000000868. The van der Waals surface area contributed by atoms with E-state index in [-0.39, 0.29) is 11.8 Å². The van der Waals surface area contributed by atoms with Crippen LogP contribution in [-0.2, 0) is 9.53 Å². The Morgan fingerprint density at radius 3 is 2.30 bits per heavy atom. The summed E-state index contributed by atoms with van der Waals surface area (Å²) in [4.78, 5) is 26.7. The molecule has 0 unspecified atom stereocenters. The largest absolute Gasteiger partial charge is 0.496 e. The number of aryl methyl sites for hydroxylation is 1. The minimum Gasteiger partial charge on any atom is -0.496 e. The van der Waals surface area contributed by atoms with Crippen molar-refractivity contribution in [1.29, 1.82) is 0 Å². The van der Waals surface area contributed by atoms with E-state index < -0.39 is 0 Å². The highest BCUT2D eigenvalue weighted by Crippen LogP contribution is 2.44. The van der Waals surface area contributed by atoms with Gasteiger partial charge >= 0.3 is 0 Å². The lowest BCUT2D eigenvalue weighted by Crippen LogP contribution is -2.41. The highest BCUT2D eigenvalue weighted by atomic mass is 32.1. The van der Waals surface area contributed by atoms with Gasteiger partial charge in [0.25, 0.3) is 0 Å². The summed E-state index contributed by atoms with van der Waals surface area (Å²) in [5.74, 6) is 3.94. The van der Waals surface area contributed by atoms with Crippen LogP contribution in [0.15, 0.2) is 42.7 Å². The van der Waals surface area contributed by atoms with Crippen LogP contribution in [0.2, 0.25) is 0 Å². The third kappa shape index (κ3) is 8.24. The molecule has 2 heterocycles. The number of methoxy groups -OCH3 is 2. The van der Waals surface area contributed by atoms with E-state index in [4.69, 9.17) is 9.72 Å². The number of benzene rings is 1. The van der Waals surface area contributed by atoms with Crippen LogP contribution in [0.25, 0.3) is 10.4 Å². The van der Waals surface area contributed by atoms with E-state index in [1.165, 1.54) is 53.1 Å². The van der Waals surface area contributed by atoms with E-state index >= 15 is 0 Å². The van der Waals surface area contributed by atoms with E-state index in [0.29, 0.717) is 17.8 Å². The number of carbonyl (C=O) groups excluding carboxylic acids is 1. The molecule has 0 bridgehead atoms. The number of carbonyl (C=O) groups is 1. The monoisotopic (exact) mass is 603 g/mol. The molecule has 232 valence electrons. The highest BCUT2D eigenvalue weighted by Gasteiger charge is 2.32. The normalized spacial score (nSPS) is 20.7. The average molecular weight is 604 g/mol. The van der Waals surface area contributed by atoms with Crippen molar-refractivity contribution < 1.29 is 14.3 Å². The van der Waals surface area contributed by atoms with Crippen molar-refractivity contribution in [3.05, 3.63) is 58.9 Å². The summed E-state index contributed by atoms with van der Waals surface area (Å²) >= 11 is 1.80. The zero-order valence-corrected chi connectivity index (χ0v) is 27.3. The highest BCUT2D eigenvalue weighted by molar-refractivity contribution is 7.15. The van der Waals surface area contributed by atoms with Crippen molar-refractivity contribution in [3.8, 4) is 16.2 Å². The minimum atomic E-state index is 0.132. The molecule has 6 nitrogen and oxygen atoms in total. The van der Waals surface area contributed by atoms with Gasteiger partial charge in [0.15, 0.2) is 0 Å². The third-order valence-corrected chi connectivity index (χ3v) is 10.7. The first kappa shape index (κ1) is 31.6. The number of pyridine rings is 1. The van der Waals surface area contributed by atoms with Gasteiger partial charge in [0.1, 0.15) is 11.6 Å². The van der Waals surface area contributed by atoms with Crippen LogP contribution < -0.4 is 9.64 Å². The summed E-state index contributed by atoms with van der Waals surface area (Å²) in [6.45, 7) is 5.68. The van der Waals surface area contributed by atoms with Crippen molar-refractivity contribution in [2.75, 3.05) is 32.3 Å². The molecule has 3 aromatic rings. The molecular weight excluding hydrogens is 554 g/mol. The number of amides is 1. The van der Waals surface area contributed by atoms with Crippen LogP contribution in [0.1, 0.15) is 106 Å². The van der Waals surface area contributed by atoms with Crippen LogP contribution in [0.3, 0.4) is 0 Å². The maximum Gasteiger partial charge on any atom is 0.231 e. The number of ether oxygens (including phenoxy) is 2. The Morgan fingerprint density at radius 2 is 1.65 bits per heavy atom. The van der Waals surface area contributed by atoms with Gasteiger partial charge in [0.2, 0.25) is 5.91 Å². The molecule has 3 fully saturated rings. The van der Waals surface area contributed by atoms with Crippen LogP contribution in [0.4, 0.5) is 5.82 Å². The lowest BCUT2D eigenvalue weighted by molar-refractivity contribution is -0.123. The fraction of sp³-hybridized carbons (Fsp3) is 0.583. The molecular formula is C36H49N3O3S. The predicted molar refractivity (Wildman–Crippen MR) is 176 cm³/mol. The first-order valence-corrected chi connectivity index (χ1v) is 17.2. The van der Waals surface area contributed by atoms with Gasteiger partial charge in [-0.2, -0.15) is 0 Å². The topological polar surface area (TPSA) is 64.6 Å². The Hall–Kier alpha value is -2.77. The molecule has 1 amide bonds. The van der Waals surface area contributed by atoms with Crippen LogP contribution in [0, 0.1) is 18.8 Å². The summed E-state index contributed by atoms with van der Waals surface area (Å²) in [6.07, 6.45) is 16.6. The molecule has 43 heavy (non-hydrogen) atoms. The van der Waals surface area contributed by atoms with E-state index in [2.05, 4.69) is 51.9 Å². The smallest absolute Gasteiger partial charge is 0.231 e. The van der Waals surface area contributed by atoms with Gasteiger partial charge in [-0.3, -0.25) is 9.69 Å². The van der Waals surface area contributed by atoms with Crippen molar-refractivity contribution in [1.82, 2.24) is 9.97 Å². The summed E-state index contributed by atoms with van der Waals surface area (Å²) in [7, 11) is 3.42. The van der Waals surface area contributed by atoms with E-state index in [0.717, 1.165) is 68.8 Å². The van der Waals surface area contributed by atoms with Gasteiger partial charge in [-0.25, -0.2) is 9.97 Å². The molecule has 0 saturated heterocycles. The molecule has 0 N–H and O–H groups in total. The van der Waals surface area contributed by atoms with E-state index in [9.17, 15) is 4.79 Å². The van der Waals surface area contributed by atoms with Crippen molar-refractivity contribution in [2.45, 2.75) is 96.3 Å². The minimum absolute atomic E-state index is 0.132. The Bertz CT molecular complexity index is 1320. The van der Waals surface area contributed by atoms with Crippen molar-refractivity contribution in [3.63, 3.8) is 0 Å². The number of hydrogen-bond donors (Lipinski definition) is 0. The molecule has 3 saturated carbocycles. The van der Waals surface area contributed by atoms with Gasteiger partial charge in [0, 0.05) is 44.5 Å². The SMILES string of the molecule is CCOC.COc1ccc(C2CCC(CN(C(=O)C3CCCCC3)c3cc(-c4cnc(C5CC5)s4)ccn3)CC2)cc1C. The fourth-order valence-corrected chi connectivity index (χ4v) is 7.70. The quantitative estimate of drug-likeness (QED) is 0.244. The second-order valence-corrected chi connectivity index (χ2v) is 13.6. The van der Waals surface area contributed by atoms with Crippen LogP contribution >= 0.6 is 11.3 Å². The number of anilines is 1. The third-order valence-electron chi connectivity index (χ3n) is 9.44. The van der Waals surface area contributed by atoms with Gasteiger partial charge in [-0.1, -0.05) is 31.4 Å². The molecule has 2 aromatic heterocycles. The predicted octanol–water partition coefficient (Wildman–Crippen LogP) is 8.94. The van der Waals surface area contributed by atoms with Gasteiger partial charge < -0.3 is 9.47 Å². The number of thiazole rings is 1. The molecule has 0 aliphatic heterocycles. The van der Waals surface area contributed by atoms with Crippen molar-refractivity contribution >= 4 is 23.1 Å². The second kappa shape index (κ2) is 15.3. The molecule has 3 aliphatic carbocycles. The molecule has 0 spiro atoms. The lowest BCUT2D eigenvalue weighted by atomic mass is 9.78. The first-order chi connectivity index (χ1) is 21.0. The van der Waals surface area contributed by atoms with Crippen molar-refractivity contribution in [2.24, 2.45) is 11.8 Å². The Morgan fingerprint density at radius 1 is 0.930 bits per heavy atom. The lowest BCUT2D eigenvalue weighted by Gasteiger charge is -2.35. The molecule has 0 radical (unpaired) electrons. The van der Waals surface area contributed by atoms with E-state index in [1.54, 1.807) is 25.6 Å². The number of nitrogens with zero attached hydrogens (tertiary/aromatic N) is 3. The average Bonchev–Trinajstić information content (AvgIpc) is 3.80. The number of rotatable bonds is 9. The van der Waals surface area contributed by atoms with Gasteiger partial charge in [0.05, 0.1) is 17.0 Å². The van der Waals surface area contributed by atoms with Gasteiger partial charge in [-0.05, 0) is 112 Å². The second-order valence-electron chi connectivity index (χ2n) is 12.5. The summed E-state index contributed by atoms with van der Waals surface area (Å²) in [6, 6.07) is 10.8.